The van der Waals surface area contributed by atoms with E-state index in [1.54, 1.807) is 49.6 Å². The number of nitrogens with one attached hydrogen (secondary N) is 4. The molecular formula is C39H48N6O5. The molecule has 0 atom stereocenters. The van der Waals surface area contributed by atoms with Crippen LogP contribution in [0.5, 0.6) is 11.5 Å². The summed E-state index contributed by atoms with van der Waals surface area (Å²) < 4.78 is 13.2. The standard InChI is InChI=1S/C39H48N6O5/c1-4-30(5-2)42-39(48)43-32-13-18-36(35(25-32)38(47)40-20-24-49-3)50-34-16-11-31(12-17-34)41-37(46)29-9-14-33(15-10-29)45-23-19-28(27-45)26-44-21-7-6-8-22-44/h9-19,23,25,27,30H,4-8,20-22,24,26H2,1-3H3,(H,40,47)(H,41,46)(H2,42,43,48). The second-order valence-corrected chi connectivity index (χ2v) is 12.5. The molecule has 2 heterocycles. The van der Waals surface area contributed by atoms with Gasteiger partial charge in [-0.1, -0.05) is 20.3 Å². The molecule has 0 bridgehead atoms. The second-order valence-electron chi connectivity index (χ2n) is 12.5. The fourth-order valence-corrected chi connectivity index (χ4v) is 5.87. The van der Waals surface area contributed by atoms with E-state index >= 15 is 0 Å². The van der Waals surface area contributed by atoms with Crippen LogP contribution in [0.1, 0.15) is 72.2 Å². The number of urea groups is 1. The zero-order valence-corrected chi connectivity index (χ0v) is 29.2. The molecule has 11 heteroatoms. The lowest BCUT2D eigenvalue weighted by molar-refractivity contribution is 0.0934. The third kappa shape index (κ3) is 10.2. The van der Waals surface area contributed by atoms with Crippen LogP contribution in [0, 0.1) is 0 Å². The summed E-state index contributed by atoms with van der Waals surface area (Å²) in [5.41, 5.74) is 4.12. The van der Waals surface area contributed by atoms with Gasteiger partial charge in [0.1, 0.15) is 11.5 Å². The van der Waals surface area contributed by atoms with Crippen molar-refractivity contribution in [3.63, 3.8) is 0 Å². The minimum atomic E-state index is -0.370. The molecule has 264 valence electrons. The summed E-state index contributed by atoms with van der Waals surface area (Å²) in [6.07, 6.45) is 9.72. The highest BCUT2D eigenvalue weighted by molar-refractivity contribution is 6.04. The maximum atomic E-state index is 13.1. The first-order valence-corrected chi connectivity index (χ1v) is 17.4. The lowest BCUT2D eigenvalue weighted by Crippen LogP contribution is -2.37. The van der Waals surface area contributed by atoms with Gasteiger partial charge in [0.15, 0.2) is 0 Å². The molecule has 0 unspecified atom stereocenters. The fraction of sp³-hybridized carbons (Fsp3) is 0.359. The Balaban J connectivity index is 1.20. The molecule has 4 N–H and O–H groups in total. The van der Waals surface area contributed by atoms with Gasteiger partial charge in [0.05, 0.1) is 12.2 Å². The van der Waals surface area contributed by atoms with Gasteiger partial charge < -0.3 is 35.3 Å². The van der Waals surface area contributed by atoms with Gasteiger partial charge in [-0.3, -0.25) is 14.5 Å². The molecule has 3 aromatic carbocycles. The van der Waals surface area contributed by atoms with E-state index in [4.69, 9.17) is 9.47 Å². The number of carbonyl (C=O) groups excluding carboxylic acids is 3. The summed E-state index contributed by atoms with van der Waals surface area (Å²) >= 11 is 0. The number of benzene rings is 3. The monoisotopic (exact) mass is 680 g/mol. The highest BCUT2D eigenvalue weighted by atomic mass is 16.5. The number of carbonyl (C=O) groups is 3. The number of hydrogen-bond donors (Lipinski definition) is 4. The average Bonchev–Trinajstić information content (AvgIpc) is 3.61. The molecule has 0 saturated carbocycles. The number of piperidine rings is 1. The molecule has 0 radical (unpaired) electrons. The van der Waals surface area contributed by atoms with Gasteiger partial charge in [-0.15, -0.1) is 0 Å². The summed E-state index contributed by atoms with van der Waals surface area (Å²) in [6.45, 7) is 7.97. The Bertz CT molecular complexity index is 1710. The van der Waals surface area contributed by atoms with E-state index in [0.717, 1.165) is 38.2 Å². The molecule has 0 aliphatic carbocycles. The van der Waals surface area contributed by atoms with E-state index in [9.17, 15) is 14.4 Å². The molecule has 4 amide bonds. The number of ether oxygens (including phenoxy) is 2. The van der Waals surface area contributed by atoms with Crippen molar-refractivity contribution in [2.75, 3.05) is 44.0 Å². The Labute approximate surface area is 294 Å². The topological polar surface area (TPSA) is 126 Å². The van der Waals surface area contributed by atoms with Gasteiger partial charge >= 0.3 is 6.03 Å². The summed E-state index contributed by atoms with van der Waals surface area (Å²) in [7, 11) is 1.56. The van der Waals surface area contributed by atoms with Crippen molar-refractivity contribution in [1.29, 1.82) is 0 Å². The van der Waals surface area contributed by atoms with Crippen molar-refractivity contribution >= 4 is 29.2 Å². The van der Waals surface area contributed by atoms with E-state index in [-0.39, 0.29) is 29.5 Å². The smallest absolute Gasteiger partial charge is 0.319 e. The molecular weight excluding hydrogens is 632 g/mol. The molecule has 1 fully saturated rings. The molecule has 1 aliphatic rings. The van der Waals surface area contributed by atoms with Crippen molar-refractivity contribution in [2.24, 2.45) is 0 Å². The second kappa shape index (κ2) is 18.0. The summed E-state index contributed by atoms with van der Waals surface area (Å²) in [5, 5.41) is 11.5. The number of rotatable bonds is 15. The van der Waals surface area contributed by atoms with Gasteiger partial charge in [0.25, 0.3) is 11.8 Å². The maximum Gasteiger partial charge on any atom is 0.319 e. The van der Waals surface area contributed by atoms with Crippen LogP contribution in [-0.2, 0) is 11.3 Å². The van der Waals surface area contributed by atoms with Crippen LogP contribution in [0.3, 0.4) is 0 Å². The average molecular weight is 681 g/mol. The molecule has 1 saturated heterocycles. The van der Waals surface area contributed by atoms with Gasteiger partial charge in [0, 0.05) is 61.3 Å². The summed E-state index contributed by atoms with van der Waals surface area (Å²) in [5.74, 6) is 0.182. The Morgan fingerprint density at radius 2 is 1.54 bits per heavy atom. The molecule has 1 aliphatic heterocycles. The molecule has 11 nitrogen and oxygen atoms in total. The first-order valence-electron chi connectivity index (χ1n) is 17.4. The van der Waals surface area contributed by atoms with Crippen LogP contribution in [0.4, 0.5) is 16.2 Å². The molecule has 0 spiro atoms. The lowest BCUT2D eigenvalue weighted by Gasteiger charge is -2.25. The van der Waals surface area contributed by atoms with Crippen molar-refractivity contribution in [3.8, 4) is 17.2 Å². The van der Waals surface area contributed by atoms with Crippen molar-refractivity contribution in [3.05, 3.63) is 102 Å². The van der Waals surface area contributed by atoms with Crippen LogP contribution in [0.25, 0.3) is 5.69 Å². The first-order chi connectivity index (χ1) is 24.3. The normalized spacial score (nSPS) is 13.1. The SMILES string of the molecule is CCC(CC)NC(=O)Nc1ccc(Oc2ccc(NC(=O)c3ccc(-n4ccc(CN5CCCCC5)c4)cc3)cc2)c(C(=O)NCCOC)c1. The predicted molar refractivity (Wildman–Crippen MR) is 197 cm³/mol. The summed E-state index contributed by atoms with van der Waals surface area (Å²) in [4.78, 5) is 41.2. The number of methoxy groups -OCH3 is 1. The third-order valence-corrected chi connectivity index (χ3v) is 8.77. The number of aromatic nitrogens is 1. The van der Waals surface area contributed by atoms with E-state index in [2.05, 4.69) is 49.2 Å². The van der Waals surface area contributed by atoms with Crippen molar-refractivity contribution < 1.29 is 23.9 Å². The highest BCUT2D eigenvalue weighted by Crippen LogP contribution is 2.29. The number of amides is 4. The Morgan fingerprint density at radius 1 is 0.820 bits per heavy atom. The molecule has 50 heavy (non-hydrogen) atoms. The highest BCUT2D eigenvalue weighted by Gasteiger charge is 2.17. The lowest BCUT2D eigenvalue weighted by atomic mass is 10.1. The van der Waals surface area contributed by atoms with Gasteiger partial charge in [0.2, 0.25) is 0 Å². The number of nitrogens with zero attached hydrogens (tertiary/aromatic N) is 2. The van der Waals surface area contributed by atoms with E-state index in [1.807, 2.05) is 38.1 Å². The number of hydrogen-bond acceptors (Lipinski definition) is 6. The van der Waals surface area contributed by atoms with E-state index in [0.29, 0.717) is 41.6 Å². The molecule has 4 aromatic rings. The Hall–Kier alpha value is -5.13. The first kappa shape index (κ1) is 36.2. The van der Waals surface area contributed by atoms with Crippen molar-refractivity contribution in [2.45, 2.75) is 58.5 Å². The van der Waals surface area contributed by atoms with Gasteiger partial charge in [-0.05, 0) is 117 Å². The minimum absolute atomic E-state index is 0.0561. The third-order valence-electron chi connectivity index (χ3n) is 8.77. The van der Waals surface area contributed by atoms with E-state index in [1.165, 1.54) is 24.8 Å². The zero-order valence-electron chi connectivity index (χ0n) is 29.2. The van der Waals surface area contributed by atoms with Crippen LogP contribution < -0.4 is 26.0 Å². The Morgan fingerprint density at radius 3 is 2.24 bits per heavy atom. The number of anilines is 2. The van der Waals surface area contributed by atoms with Crippen molar-refractivity contribution in [1.82, 2.24) is 20.1 Å². The van der Waals surface area contributed by atoms with Crippen LogP contribution in [-0.4, -0.2) is 66.7 Å². The quantitative estimate of drug-likeness (QED) is 0.0985. The largest absolute Gasteiger partial charge is 0.457 e. The molecule has 1 aromatic heterocycles. The fourth-order valence-electron chi connectivity index (χ4n) is 5.87. The maximum absolute atomic E-state index is 13.1. The Kier molecular flexibility index (Phi) is 13.0. The van der Waals surface area contributed by atoms with Crippen LogP contribution in [0.15, 0.2) is 85.2 Å². The number of likely N-dealkylation sites (tertiary alicyclic amines) is 1. The van der Waals surface area contributed by atoms with Gasteiger partial charge in [-0.25, -0.2) is 4.79 Å². The van der Waals surface area contributed by atoms with E-state index < -0.39 is 0 Å². The zero-order chi connectivity index (χ0) is 35.3. The summed E-state index contributed by atoms with van der Waals surface area (Å²) in [6, 6.07) is 21.2. The minimum Gasteiger partial charge on any atom is -0.457 e. The predicted octanol–water partition coefficient (Wildman–Crippen LogP) is 7.19. The molecule has 5 rings (SSSR count). The van der Waals surface area contributed by atoms with Crippen LogP contribution >= 0.6 is 0 Å². The van der Waals surface area contributed by atoms with Gasteiger partial charge in [-0.2, -0.15) is 0 Å². The van der Waals surface area contributed by atoms with Crippen LogP contribution in [0.2, 0.25) is 0 Å².